The van der Waals surface area contributed by atoms with Crippen molar-refractivity contribution < 1.29 is 14.4 Å². The molecule has 2 aliphatic rings. The van der Waals surface area contributed by atoms with Gasteiger partial charge in [0.15, 0.2) is 0 Å². The molecule has 4 N–H and O–H groups in total. The summed E-state index contributed by atoms with van der Waals surface area (Å²) >= 11 is 0. The van der Waals surface area contributed by atoms with E-state index >= 15 is 0 Å². The lowest BCUT2D eigenvalue weighted by Gasteiger charge is -2.35. The number of nitrogens with one attached hydrogen (secondary N) is 4. The molecule has 0 aliphatic carbocycles. The number of fused-ring (bicyclic) bond motifs is 4. The van der Waals surface area contributed by atoms with E-state index in [1.807, 2.05) is 45.2 Å². The van der Waals surface area contributed by atoms with E-state index in [-0.39, 0.29) is 29.7 Å². The molecule has 0 unspecified atom stereocenters. The predicted molar refractivity (Wildman–Crippen MR) is 149 cm³/mol. The van der Waals surface area contributed by atoms with Gasteiger partial charge in [-0.05, 0) is 81.2 Å². The fourth-order valence-electron chi connectivity index (χ4n) is 4.98. The van der Waals surface area contributed by atoms with Crippen LogP contribution in [0.25, 0.3) is 16.8 Å². The van der Waals surface area contributed by atoms with Crippen LogP contribution in [0.3, 0.4) is 0 Å². The summed E-state index contributed by atoms with van der Waals surface area (Å²) in [4.78, 5) is 43.9. The fourth-order valence-corrected chi connectivity index (χ4v) is 4.98. The molecule has 0 spiro atoms. The Hall–Kier alpha value is -3.30. The van der Waals surface area contributed by atoms with Gasteiger partial charge in [-0.3, -0.25) is 24.4 Å². The van der Waals surface area contributed by atoms with Gasteiger partial charge in [0.1, 0.15) is 12.1 Å². The Bertz CT molecular complexity index is 1200. The molecular formula is C29H40N6O3. The summed E-state index contributed by atoms with van der Waals surface area (Å²) in [6.07, 6.45) is 9.02. The first-order chi connectivity index (χ1) is 18.2. The Morgan fingerprint density at radius 1 is 0.974 bits per heavy atom. The first-order valence-electron chi connectivity index (χ1n) is 13.7. The Morgan fingerprint density at radius 2 is 1.76 bits per heavy atom. The van der Waals surface area contributed by atoms with Crippen molar-refractivity contribution in [3.63, 3.8) is 0 Å². The van der Waals surface area contributed by atoms with E-state index in [4.69, 9.17) is 0 Å². The number of hydrazine groups is 1. The van der Waals surface area contributed by atoms with Crippen molar-refractivity contribution in [2.75, 3.05) is 13.1 Å². The molecule has 1 aromatic carbocycles. The van der Waals surface area contributed by atoms with Gasteiger partial charge in [0.05, 0.1) is 17.8 Å². The number of allylic oxidation sites excluding steroid dienone is 1. The highest BCUT2D eigenvalue weighted by molar-refractivity contribution is 5.90. The number of amides is 3. The normalized spacial score (nSPS) is 27.1. The molecule has 9 nitrogen and oxygen atoms in total. The topological polar surface area (TPSA) is 115 Å². The van der Waals surface area contributed by atoms with Crippen LogP contribution in [0, 0.1) is 5.92 Å². The van der Waals surface area contributed by atoms with Gasteiger partial charge >= 0.3 is 0 Å². The first kappa shape index (κ1) is 27.7. The molecule has 4 rings (SSSR count). The second-order valence-corrected chi connectivity index (χ2v) is 10.7. The Kier molecular flexibility index (Phi) is 9.12. The molecule has 38 heavy (non-hydrogen) atoms. The van der Waals surface area contributed by atoms with Gasteiger partial charge in [-0.15, -0.1) is 0 Å². The van der Waals surface area contributed by atoms with Crippen molar-refractivity contribution in [2.45, 2.75) is 77.5 Å². The minimum Gasteiger partial charge on any atom is -0.348 e. The Labute approximate surface area is 224 Å². The maximum atomic E-state index is 13.2. The van der Waals surface area contributed by atoms with Crippen molar-refractivity contribution in [3.8, 4) is 0 Å². The second kappa shape index (κ2) is 12.5. The smallest absolute Gasteiger partial charge is 0.258 e. The van der Waals surface area contributed by atoms with Gasteiger partial charge < -0.3 is 16.0 Å². The van der Waals surface area contributed by atoms with Crippen LogP contribution in [0.1, 0.15) is 70.7 Å². The molecule has 0 radical (unpaired) electrons. The van der Waals surface area contributed by atoms with Crippen LogP contribution in [0.4, 0.5) is 0 Å². The molecule has 0 saturated carbocycles. The van der Waals surface area contributed by atoms with Gasteiger partial charge in [-0.2, -0.15) is 0 Å². The van der Waals surface area contributed by atoms with E-state index in [0.29, 0.717) is 25.9 Å². The monoisotopic (exact) mass is 520 g/mol. The molecule has 4 atom stereocenters. The van der Waals surface area contributed by atoms with Gasteiger partial charge in [-0.25, -0.2) is 5.43 Å². The number of aromatic nitrogens is 1. The summed E-state index contributed by atoms with van der Waals surface area (Å²) in [6.45, 7) is 8.79. The van der Waals surface area contributed by atoms with E-state index in [2.05, 4.69) is 44.6 Å². The average molecular weight is 521 g/mol. The van der Waals surface area contributed by atoms with Crippen molar-refractivity contribution in [2.24, 2.45) is 5.92 Å². The summed E-state index contributed by atoms with van der Waals surface area (Å²) in [5.74, 6) is -0.542. The SMILES string of the molecule is CC(C)[C@@H]1NCCC/C=C/c2cc3cc(ccc3cn2)[C@@H](C)NC(=O)[C@@H]2CCCN(N2)C(=O)[C@H](C)NC1=O. The number of pyridine rings is 1. The fraction of sp³-hybridized carbons (Fsp3) is 0.517. The number of hydrogen-bond donors (Lipinski definition) is 4. The number of rotatable bonds is 1. The molecule has 1 aromatic heterocycles. The summed E-state index contributed by atoms with van der Waals surface area (Å²) in [5, 5.41) is 12.9. The van der Waals surface area contributed by atoms with Crippen LogP contribution in [0.2, 0.25) is 0 Å². The van der Waals surface area contributed by atoms with Crippen LogP contribution in [0.15, 0.2) is 36.5 Å². The molecule has 1 saturated heterocycles. The number of nitrogens with zero attached hydrogens (tertiary/aromatic N) is 2. The molecule has 3 heterocycles. The molecule has 1 fully saturated rings. The van der Waals surface area contributed by atoms with Crippen LogP contribution in [0.5, 0.6) is 0 Å². The lowest BCUT2D eigenvalue weighted by molar-refractivity contribution is -0.143. The zero-order chi connectivity index (χ0) is 27.2. The first-order valence-corrected chi connectivity index (χ1v) is 13.7. The summed E-state index contributed by atoms with van der Waals surface area (Å²) in [7, 11) is 0. The minimum atomic E-state index is -0.715. The number of hydrogen-bond acceptors (Lipinski definition) is 6. The van der Waals surface area contributed by atoms with Crippen LogP contribution in [-0.2, 0) is 14.4 Å². The molecular weight excluding hydrogens is 480 g/mol. The van der Waals surface area contributed by atoms with Gasteiger partial charge in [0, 0.05) is 18.1 Å². The molecule has 2 aliphatic heterocycles. The van der Waals surface area contributed by atoms with Gasteiger partial charge in [0.25, 0.3) is 5.91 Å². The van der Waals surface area contributed by atoms with Crippen molar-refractivity contribution in [3.05, 3.63) is 47.8 Å². The zero-order valence-corrected chi connectivity index (χ0v) is 22.8. The van der Waals surface area contributed by atoms with E-state index in [0.717, 1.165) is 34.9 Å². The number of carbonyl (C=O) groups is 3. The Balaban J connectivity index is 1.58. The Morgan fingerprint density at radius 3 is 2.55 bits per heavy atom. The largest absolute Gasteiger partial charge is 0.348 e. The lowest BCUT2D eigenvalue weighted by atomic mass is 10.0. The molecule has 5 bridgehead atoms. The quantitative estimate of drug-likeness (QED) is 0.460. The van der Waals surface area contributed by atoms with Crippen LogP contribution < -0.4 is 21.4 Å². The highest BCUT2D eigenvalue weighted by atomic mass is 16.2. The summed E-state index contributed by atoms with van der Waals surface area (Å²) in [5.41, 5.74) is 4.97. The third-order valence-electron chi connectivity index (χ3n) is 7.27. The van der Waals surface area contributed by atoms with E-state index in [9.17, 15) is 14.4 Å². The van der Waals surface area contributed by atoms with E-state index < -0.39 is 18.1 Å². The van der Waals surface area contributed by atoms with Gasteiger partial charge in [-0.1, -0.05) is 32.1 Å². The summed E-state index contributed by atoms with van der Waals surface area (Å²) < 4.78 is 0. The maximum Gasteiger partial charge on any atom is 0.258 e. The van der Waals surface area contributed by atoms with E-state index in [1.54, 1.807) is 6.92 Å². The van der Waals surface area contributed by atoms with Crippen molar-refractivity contribution >= 4 is 34.6 Å². The number of benzene rings is 1. The molecule has 2 aromatic rings. The second-order valence-electron chi connectivity index (χ2n) is 10.7. The van der Waals surface area contributed by atoms with Crippen LogP contribution in [-0.4, -0.2) is 58.9 Å². The van der Waals surface area contributed by atoms with Gasteiger partial charge in [0.2, 0.25) is 11.8 Å². The maximum absolute atomic E-state index is 13.2. The standard InChI is InChI=1S/C29H40N6O3/c1-18(2)26-28(37)33-20(4)29(38)35-14-8-10-25(34-35)27(36)32-19(3)21-11-12-22-17-31-24(16-23(22)15-21)9-6-5-7-13-30-26/h6,9,11-12,15-20,25-26,30,34H,5,7-8,10,13-14H2,1-4H3,(H,32,36)(H,33,37)/b9-6+/t19-,20+,25+,26+/m1/s1. The zero-order valence-electron chi connectivity index (χ0n) is 22.8. The van der Waals surface area contributed by atoms with Crippen molar-refractivity contribution in [1.82, 2.24) is 31.4 Å². The van der Waals surface area contributed by atoms with Crippen molar-refractivity contribution in [1.29, 1.82) is 0 Å². The minimum absolute atomic E-state index is 0.0632. The van der Waals surface area contributed by atoms with E-state index in [1.165, 1.54) is 5.01 Å². The number of carbonyl (C=O) groups excluding carboxylic acids is 3. The predicted octanol–water partition coefficient (Wildman–Crippen LogP) is 2.83. The molecule has 3 amide bonds. The highest BCUT2D eigenvalue weighted by Crippen LogP contribution is 2.22. The summed E-state index contributed by atoms with van der Waals surface area (Å²) in [6, 6.07) is 6.33. The third-order valence-corrected chi connectivity index (χ3v) is 7.27. The van der Waals surface area contributed by atoms with Crippen LogP contribution >= 0.6 is 0 Å². The highest BCUT2D eigenvalue weighted by Gasteiger charge is 2.32. The third kappa shape index (κ3) is 6.76. The molecule has 9 heteroatoms. The molecule has 204 valence electrons. The average Bonchev–Trinajstić information content (AvgIpc) is 2.90. The lowest BCUT2D eigenvalue weighted by Crippen LogP contribution is -2.61.